The summed E-state index contributed by atoms with van der Waals surface area (Å²) >= 11 is 0. The van der Waals surface area contributed by atoms with Crippen LogP contribution < -0.4 is 0 Å². The SMILES string of the molecule is CCCC[C@@H]1N(S(=O)(=O)c2ccc(C)cc2)[C@@]1(C)CO. The van der Waals surface area contributed by atoms with Gasteiger partial charge in [0.15, 0.2) is 0 Å². The van der Waals surface area contributed by atoms with E-state index >= 15 is 0 Å². The number of aryl methyl sites for hydroxylation is 1. The molecule has 3 atom stereocenters. The number of hydrogen-bond donors (Lipinski definition) is 1. The molecule has 2 rings (SSSR count). The Hall–Kier alpha value is -0.910. The molecular weight excluding hydrogens is 274 g/mol. The molecule has 1 aliphatic heterocycles. The predicted octanol–water partition coefficient (Wildman–Crippen LogP) is 2.31. The molecule has 1 fully saturated rings. The van der Waals surface area contributed by atoms with Crippen LogP contribution in [0.5, 0.6) is 0 Å². The molecule has 1 aromatic carbocycles. The van der Waals surface area contributed by atoms with E-state index in [9.17, 15) is 13.5 Å². The zero-order valence-electron chi connectivity index (χ0n) is 12.3. The largest absolute Gasteiger partial charge is 0.394 e. The van der Waals surface area contributed by atoms with E-state index in [1.807, 2.05) is 13.8 Å². The number of hydrogen-bond acceptors (Lipinski definition) is 3. The van der Waals surface area contributed by atoms with E-state index in [0.29, 0.717) is 4.90 Å². The molecule has 1 aromatic rings. The third-order valence-corrected chi connectivity index (χ3v) is 6.22. The molecule has 5 heteroatoms. The zero-order chi connectivity index (χ0) is 15.0. The van der Waals surface area contributed by atoms with Crippen LogP contribution in [0.15, 0.2) is 29.2 Å². The first kappa shape index (κ1) is 15.5. The van der Waals surface area contributed by atoms with Crippen molar-refractivity contribution in [2.45, 2.75) is 56.5 Å². The summed E-state index contributed by atoms with van der Waals surface area (Å²) in [4.78, 5) is 0.307. The summed E-state index contributed by atoms with van der Waals surface area (Å²) in [6.07, 6.45) is 2.80. The average molecular weight is 297 g/mol. The molecule has 0 aromatic heterocycles. The van der Waals surface area contributed by atoms with E-state index < -0.39 is 15.6 Å². The Morgan fingerprint density at radius 3 is 2.40 bits per heavy atom. The summed E-state index contributed by atoms with van der Waals surface area (Å²) in [5.41, 5.74) is 0.390. The molecule has 0 amide bonds. The number of nitrogens with zero attached hydrogens (tertiary/aromatic N) is 1. The molecule has 1 N–H and O–H groups in total. The smallest absolute Gasteiger partial charge is 0.244 e. The minimum Gasteiger partial charge on any atom is -0.394 e. The Morgan fingerprint density at radius 1 is 1.30 bits per heavy atom. The van der Waals surface area contributed by atoms with Gasteiger partial charge in [-0.2, -0.15) is 4.31 Å². The first-order valence-corrected chi connectivity index (χ1v) is 8.54. The van der Waals surface area contributed by atoms with Crippen LogP contribution in [0.3, 0.4) is 0 Å². The second-order valence-electron chi connectivity index (χ2n) is 5.79. The highest BCUT2D eigenvalue weighted by molar-refractivity contribution is 7.89. The van der Waals surface area contributed by atoms with Crippen molar-refractivity contribution in [3.8, 4) is 0 Å². The number of rotatable bonds is 6. The van der Waals surface area contributed by atoms with Gasteiger partial charge in [-0.3, -0.25) is 0 Å². The van der Waals surface area contributed by atoms with Crippen molar-refractivity contribution in [1.29, 1.82) is 0 Å². The normalized spacial score (nSPS) is 29.4. The molecular formula is C15H23NO3S. The summed E-state index contributed by atoms with van der Waals surface area (Å²) < 4.78 is 26.8. The standard InChI is InChI=1S/C15H23NO3S/c1-4-5-6-14-15(3,11-17)16(14)20(18,19)13-9-7-12(2)8-10-13/h7-10,14,17H,4-6,11H2,1-3H3/t14-,15-,16?/m0/s1. The summed E-state index contributed by atoms with van der Waals surface area (Å²) in [6.45, 7) is 5.69. The van der Waals surface area contributed by atoms with Crippen molar-refractivity contribution in [2.75, 3.05) is 6.61 Å². The van der Waals surface area contributed by atoms with Gasteiger partial charge in [0, 0.05) is 6.04 Å². The van der Waals surface area contributed by atoms with Gasteiger partial charge in [0.05, 0.1) is 17.0 Å². The number of aliphatic hydroxyl groups is 1. The van der Waals surface area contributed by atoms with Gasteiger partial charge in [-0.05, 0) is 32.4 Å². The van der Waals surface area contributed by atoms with Crippen molar-refractivity contribution in [2.24, 2.45) is 0 Å². The fraction of sp³-hybridized carbons (Fsp3) is 0.600. The highest BCUT2D eigenvalue weighted by atomic mass is 32.2. The van der Waals surface area contributed by atoms with Crippen LogP contribution in [0, 0.1) is 6.92 Å². The first-order valence-electron chi connectivity index (χ1n) is 7.10. The van der Waals surface area contributed by atoms with Crippen LogP contribution in [0.4, 0.5) is 0 Å². The molecule has 0 radical (unpaired) electrons. The molecule has 0 saturated carbocycles. The second-order valence-corrected chi connectivity index (χ2v) is 7.60. The van der Waals surface area contributed by atoms with Gasteiger partial charge < -0.3 is 5.11 Å². The lowest BCUT2D eigenvalue weighted by Gasteiger charge is -2.10. The lowest BCUT2D eigenvalue weighted by Crippen LogP contribution is -2.24. The van der Waals surface area contributed by atoms with Gasteiger partial charge in [-0.15, -0.1) is 0 Å². The topological polar surface area (TPSA) is 57.4 Å². The van der Waals surface area contributed by atoms with Crippen LogP contribution in [0.2, 0.25) is 0 Å². The van der Waals surface area contributed by atoms with Gasteiger partial charge in [0.2, 0.25) is 10.0 Å². The molecule has 1 heterocycles. The van der Waals surface area contributed by atoms with E-state index in [4.69, 9.17) is 0 Å². The Labute approximate surface area is 121 Å². The third-order valence-electron chi connectivity index (χ3n) is 4.17. The highest BCUT2D eigenvalue weighted by Gasteiger charge is 2.64. The van der Waals surface area contributed by atoms with Crippen LogP contribution in [-0.4, -0.2) is 36.0 Å². The summed E-state index contributed by atoms with van der Waals surface area (Å²) in [5.74, 6) is 0. The molecule has 1 aliphatic rings. The van der Waals surface area contributed by atoms with Crippen LogP contribution >= 0.6 is 0 Å². The Morgan fingerprint density at radius 2 is 1.90 bits per heavy atom. The van der Waals surface area contributed by atoms with Gasteiger partial charge >= 0.3 is 0 Å². The fourth-order valence-corrected chi connectivity index (χ4v) is 4.79. The van der Waals surface area contributed by atoms with Crippen LogP contribution in [0.25, 0.3) is 0 Å². The minimum atomic E-state index is -3.51. The lowest BCUT2D eigenvalue weighted by molar-refractivity contribution is 0.242. The van der Waals surface area contributed by atoms with Gasteiger partial charge in [-0.25, -0.2) is 8.42 Å². The summed E-state index contributed by atoms with van der Waals surface area (Å²) in [5, 5.41) is 9.55. The quantitative estimate of drug-likeness (QED) is 0.820. The molecule has 4 nitrogen and oxygen atoms in total. The first-order chi connectivity index (χ1) is 9.37. The zero-order valence-corrected chi connectivity index (χ0v) is 13.2. The monoisotopic (exact) mass is 297 g/mol. The summed E-state index contributed by atoms with van der Waals surface area (Å²) in [6, 6.07) is 6.79. The Kier molecular flexibility index (Phi) is 4.23. The van der Waals surface area contributed by atoms with Crippen LogP contribution in [-0.2, 0) is 10.0 Å². The fourth-order valence-electron chi connectivity index (χ4n) is 2.74. The molecule has 112 valence electrons. The van der Waals surface area contributed by atoms with Crippen LogP contribution in [0.1, 0.15) is 38.7 Å². The van der Waals surface area contributed by atoms with E-state index in [0.717, 1.165) is 24.8 Å². The van der Waals surface area contributed by atoms with Crippen molar-refractivity contribution in [3.63, 3.8) is 0 Å². The van der Waals surface area contributed by atoms with Crippen molar-refractivity contribution in [1.82, 2.24) is 4.31 Å². The predicted molar refractivity (Wildman–Crippen MR) is 79.0 cm³/mol. The average Bonchev–Trinajstić information content (AvgIpc) is 3.03. The van der Waals surface area contributed by atoms with E-state index in [-0.39, 0.29) is 12.6 Å². The number of benzene rings is 1. The maximum atomic E-state index is 12.7. The molecule has 0 spiro atoms. The van der Waals surface area contributed by atoms with Crippen molar-refractivity contribution >= 4 is 10.0 Å². The van der Waals surface area contributed by atoms with E-state index in [1.165, 1.54) is 4.31 Å². The molecule has 0 aliphatic carbocycles. The number of sulfonamides is 1. The lowest BCUT2D eigenvalue weighted by atomic mass is 10.0. The van der Waals surface area contributed by atoms with E-state index in [1.54, 1.807) is 24.3 Å². The van der Waals surface area contributed by atoms with Gasteiger partial charge in [0.1, 0.15) is 0 Å². The Balaban J connectivity index is 2.27. The maximum Gasteiger partial charge on any atom is 0.244 e. The minimum absolute atomic E-state index is 0.0845. The molecule has 1 unspecified atom stereocenters. The second kappa shape index (κ2) is 5.47. The van der Waals surface area contributed by atoms with Crippen molar-refractivity contribution < 1.29 is 13.5 Å². The molecule has 0 bridgehead atoms. The van der Waals surface area contributed by atoms with Crippen molar-refractivity contribution in [3.05, 3.63) is 29.8 Å². The highest BCUT2D eigenvalue weighted by Crippen LogP contribution is 2.47. The molecule has 1 saturated heterocycles. The van der Waals surface area contributed by atoms with Gasteiger partial charge in [-0.1, -0.05) is 37.5 Å². The Bertz CT molecular complexity index is 567. The summed E-state index contributed by atoms with van der Waals surface area (Å²) in [7, 11) is -3.51. The molecule has 20 heavy (non-hydrogen) atoms. The van der Waals surface area contributed by atoms with E-state index in [2.05, 4.69) is 6.92 Å². The third kappa shape index (κ3) is 2.50. The number of aliphatic hydroxyl groups excluding tert-OH is 1. The maximum absolute atomic E-state index is 12.7. The van der Waals surface area contributed by atoms with Gasteiger partial charge in [0.25, 0.3) is 0 Å². The number of unbranched alkanes of at least 4 members (excludes halogenated alkanes) is 1.